The summed E-state index contributed by atoms with van der Waals surface area (Å²) in [5.41, 5.74) is 0. The van der Waals surface area contributed by atoms with Gasteiger partial charge in [0.05, 0.1) is 13.7 Å². The SMILES string of the molecule is CC=CC(=O)O.CCOOOC. The van der Waals surface area contributed by atoms with Gasteiger partial charge in [-0.2, -0.15) is 0 Å². The molecule has 0 unspecified atom stereocenters. The summed E-state index contributed by atoms with van der Waals surface area (Å²) in [6.45, 7) is 3.97. The molecule has 0 aliphatic heterocycles. The van der Waals surface area contributed by atoms with Crippen LogP contribution >= 0.6 is 0 Å². The molecule has 0 atom stereocenters. The molecule has 0 saturated carbocycles. The Morgan fingerprint density at radius 3 is 2.25 bits per heavy atom. The van der Waals surface area contributed by atoms with E-state index in [4.69, 9.17) is 5.11 Å². The van der Waals surface area contributed by atoms with Crippen molar-refractivity contribution in [2.75, 3.05) is 13.7 Å². The molecule has 0 bridgehead atoms. The van der Waals surface area contributed by atoms with Crippen LogP contribution in [0.25, 0.3) is 0 Å². The van der Waals surface area contributed by atoms with Gasteiger partial charge in [-0.25, -0.2) is 14.6 Å². The quantitative estimate of drug-likeness (QED) is 0.303. The Morgan fingerprint density at radius 1 is 1.58 bits per heavy atom. The molecule has 0 fully saturated rings. The molecular formula is C7H14O5. The maximum atomic E-state index is 9.51. The molecule has 0 radical (unpaired) electrons. The molecule has 0 rings (SSSR count). The van der Waals surface area contributed by atoms with Crippen molar-refractivity contribution in [3.8, 4) is 0 Å². The fourth-order valence-corrected chi connectivity index (χ4v) is 0.239. The van der Waals surface area contributed by atoms with E-state index in [-0.39, 0.29) is 0 Å². The third kappa shape index (κ3) is 23.0. The molecule has 0 aliphatic carbocycles. The first-order valence-corrected chi connectivity index (χ1v) is 3.36. The average molecular weight is 178 g/mol. The van der Waals surface area contributed by atoms with Gasteiger partial charge in [-0.3, -0.25) is 0 Å². The van der Waals surface area contributed by atoms with Crippen molar-refractivity contribution in [3.05, 3.63) is 12.2 Å². The number of rotatable bonds is 4. The molecule has 0 aromatic carbocycles. The largest absolute Gasteiger partial charge is 0.478 e. The summed E-state index contributed by atoms with van der Waals surface area (Å²) in [4.78, 5) is 17.8. The summed E-state index contributed by atoms with van der Waals surface area (Å²) >= 11 is 0. The van der Waals surface area contributed by atoms with Gasteiger partial charge in [0, 0.05) is 6.08 Å². The first-order valence-electron chi connectivity index (χ1n) is 3.36. The van der Waals surface area contributed by atoms with Crippen molar-refractivity contribution in [2.24, 2.45) is 0 Å². The van der Waals surface area contributed by atoms with E-state index < -0.39 is 5.97 Å². The topological polar surface area (TPSA) is 65.0 Å². The molecule has 0 aliphatic rings. The minimum absolute atomic E-state index is 0.508. The molecule has 72 valence electrons. The van der Waals surface area contributed by atoms with Gasteiger partial charge in [0.25, 0.3) is 0 Å². The van der Waals surface area contributed by atoms with E-state index in [1.54, 1.807) is 13.8 Å². The lowest BCUT2D eigenvalue weighted by Crippen LogP contribution is -1.89. The highest BCUT2D eigenvalue weighted by Crippen LogP contribution is 1.72. The van der Waals surface area contributed by atoms with Crippen LogP contribution in [-0.4, -0.2) is 24.8 Å². The molecular weight excluding hydrogens is 164 g/mol. The summed E-state index contributed by atoms with van der Waals surface area (Å²) in [5.74, 6) is -0.891. The Labute approximate surface area is 71.4 Å². The predicted octanol–water partition coefficient (Wildman–Crippen LogP) is 1.16. The molecule has 12 heavy (non-hydrogen) atoms. The Bertz CT molecular complexity index is 117. The van der Waals surface area contributed by atoms with E-state index >= 15 is 0 Å². The van der Waals surface area contributed by atoms with E-state index in [0.717, 1.165) is 6.08 Å². The van der Waals surface area contributed by atoms with Crippen molar-refractivity contribution in [1.82, 2.24) is 0 Å². The zero-order valence-corrected chi connectivity index (χ0v) is 7.44. The molecule has 0 amide bonds. The minimum atomic E-state index is -0.891. The third-order valence-electron chi connectivity index (χ3n) is 0.543. The first kappa shape index (κ1) is 13.7. The number of hydrogen-bond donors (Lipinski definition) is 1. The highest BCUT2D eigenvalue weighted by Gasteiger charge is 1.76. The Morgan fingerprint density at radius 2 is 2.17 bits per heavy atom. The van der Waals surface area contributed by atoms with E-state index in [2.05, 4.69) is 14.8 Å². The van der Waals surface area contributed by atoms with Gasteiger partial charge >= 0.3 is 5.97 Å². The number of allylic oxidation sites excluding steroid dienone is 1. The number of carbonyl (C=O) groups is 1. The van der Waals surface area contributed by atoms with Gasteiger partial charge in [-0.1, -0.05) is 11.1 Å². The number of carboxylic acid groups (broad SMARTS) is 1. The van der Waals surface area contributed by atoms with Crippen molar-refractivity contribution < 1.29 is 24.7 Å². The van der Waals surface area contributed by atoms with E-state index in [9.17, 15) is 4.79 Å². The molecule has 0 spiro atoms. The lowest BCUT2D eigenvalue weighted by molar-refractivity contribution is -0.500. The normalized spacial score (nSPS) is 9.25. The van der Waals surface area contributed by atoms with Gasteiger partial charge in [0.2, 0.25) is 0 Å². The van der Waals surface area contributed by atoms with Crippen LogP contribution in [0, 0.1) is 0 Å². The molecule has 1 N–H and O–H groups in total. The average Bonchev–Trinajstić information content (AvgIpc) is 2.02. The maximum absolute atomic E-state index is 9.51. The van der Waals surface area contributed by atoms with Crippen LogP contribution in [0.4, 0.5) is 0 Å². The fourth-order valence-electron chi connectivity index (χ4n) is 0.239. The van der Waals surface area contributed by atoms with Crippen LogP contribution in [0.1, 0.15) is 13.8 Å². The van der Waals surface area contributed by atoms with Crippen LogP contribution in [-0.2, 0) is 19.6 Å². The zero-order chi connectivity index (χ0) is 9.82. The minimum Gasteiger partial charge on any atom is -0.478 e. The number of carboxylic acids is 1. The monoisotopic (exact) mass is 178 g/mol. The molecule has 0 saturated heterocycles. The number of aliphatic carboxylic acids is 1. The predicted molar refractivity (Wildman–Crippen MR) is 42.2 cm³/mol. The molecule has 0 aromatic rings. The second-order valence-electron chi connectivity index (χ2n) is 1.48. The second kappa shape index (κ2) is 12.7. The molecule has 0 aromatic heterocycles. The first-order chi connectivity index (χ1) is 5.68. The van der Waals surface area contributed by atoms with E-state index in [1.807, 2.05) is 0 Å². The van der Waals surface area contributed by atoms with Gasteiger partial charge in [-0.05, 0) is 13.8 Å². The lowest BCUT2D eigenvalue weighted by atomic mass is 10.5. The Kier molecular flexibility index (Phi) is 14.5. The van der Waals surface area contributed by atoms with Gasteiger partial charge in [-0.15, -0.1) is 0 Å². The van der Waals surface area contributed by atoms with Crippen LogP contribution in [0.3, 0.4) is 0 Å². The maximum Gasteiger partial charge on any atom is 0.327 e. The molecule has 5 nitrogen and oxygen atoms in total. The van der Waals surface area contributed by atoms with E-state index in [0.29, 0.717) is 6.61 Å². The van der Waals surface area contributed by atoms with Gasteiger partial charge in [0.15, 0.2) is 0 Å². The fraction of sp³-hybridized carbons (Fsp3) is 0.571. The Balaban J connectivity index is 0. The van der Waals surface area contributed by atoms with Crippen LogP contribution in [0.2, 0.25) is 0 Å². The third-order valence-corrected chi connectivity index (χ3v) is 0.543. The highest BCUT2D eigenvalue weighted by molar-refractivity contribution is 5.79. The molecule has 0 heterocycles. The van der Waals surface area contributed by atoms with Crippen LogP contribution in [0.5, 0.6) is 0 Å². The smallest absolute Gasteiger partial charge is 0.327 e. The lowest BCUT2D eigenvalue weighted by Gasteiger charge is -1.90. The van der Waals surface area contributed by atoms with Gasteiger partial charge in [0.1, 0.15) is 0 Å². The summed E-state index contributed by atoms with van der Waals surface area (Å²) in [7, 11) is 1.38. The van der Waals surface area contributed by atoms with Gasteiger partial charge < -0.3 is 5.11 Å². The summed E-state index contributed by atoms with van der Waals surface area (Å²) in [6, 6.07) is 0. The summed E-state index contributed by atoms with van der Waals surface area (Å²) in [5, 5.41) is 11.8. The summed E-state index contributed by atoms with van der Waals surface area (Å²) < 4.78 is 0. The highest BCUT2D eigenvalue weighted by atomic mass is 17.5. The zero-order valence-electron chi connectivity index (χ0n) is 7.44. The second-order valence-corrected chi connectivity index (χ2v) is 1.48. The van der Waals surface area contributed by atoms with Crippen molar-refractivity contribution in [1.29, 1.82) is 0 Å². The number of hydrogen-bond acceptors (Lipinski definition) is 4. The Hall–Kier alpha value is -0.910. The van der Waals surface area contributed by atoms with Crippen LogP contribution in [0.15, 0.2) is 12.2 Å². The van der Waals surface area contributed by atoms with Crippen molar-refractivity contribution in [3.63, 3.8) is 0 Å². The van der Waals surface area contributed by atoms with Crippen molar-refractivity contribution in [2.45, 2.75) is 13.8 Å². The van der Waals surface area contributed by atoms with Crippen LogP contribution < -0.4 is 0 Å². The van der Waals surface area contributed by atoms with Crippen molar-refractivity contribution >= 4 is 5.97 Å². The molecule has 5 heteroatoms. The standard InChI is InChI=1S/C4H6O2.C3H8O3/c1-2-3-4(5)6;1-3-5-6-4-2/h2-3H,1H3,(H,5,6);3H2,1-2H3. The summed E-state index contributed by atoms with van der Waals surface area (Å²) in [6.07, 6.45) is 2.56. The van der Waals surface area contributed by atoms with E-state index in [1.165, 1.54) is 13.2 Å².